The highest BCUT2D eigenvalue weighted by Gasteiger charge is 2.36. The predicted octanol–water partition coefficient (Wildman–Crippen LogP) is 5.04. The van der Waals surface area contributed by atoms with Crippen molar-refractivity contribution in [2.45, 2.75) is 20.8 Å². The van der Waals surface area contributed by atoms with Gasteiger partial charge in [0.15, 0.2) is 11.5 Å². The molecule has 9 heteroatoms. The molecular formula is C23H23ClN2O5S. The number of hydrogen-bond donors (Lipinski definition) is 1. The van der Waals surface area contributed by atoms with Crippen LogP contribution in [-0.2, 0) is 9.59 Å². The summed E-state index contributed by atoms with van der Waals surface area (Å²) in [5, 5.41) is 2.53. The van der Waals surface area contributed by atoms with Gasteiger partial charge in [-0.25, -0.2) is 0 Å². The van der Waals surface area contributed by atoms with Gasteiger partial charge in [0, 0.05) is 5.69 Å². The molecule has 7 nitrogen and oxygen atoms in total. The number of nitrogens with one attached hydrogen (secondary N) is 1. The number of nitrogens with zero attached hydrogens (tertiary/aromatic N) is 1. The van der Waals surface area contributed by atoms with Gasteiger partial charge in [0.05, 0.1) is 23.6 Å². The third-order valence-corrected chi connectivity index (χ3v) is 5.99. The zero-order chi connectivity index (χ0) is 23.4. The van der Waals surface area contributed by atoms with Gasteiger partial charge in [-0.3, -0.25) is 19.3 Å². The van der Waals surface area contributed by atoms with Gasteiger partial charge in [0.1, 0.15) is 6.54 Å². The Kier molecular flexibility index (Phi) is 7.48. The molecule has 0 bridgehead atoms. The zero-order valence-electron chi connectivity index (χ0n) is 18.2. The van der Waals surface area contributed by atoms with Crippen LogP contribution >= 0.6 is 23.4 Å². The van der Waals surface area contributed by atoms with E-state index < -0.39 is 17.1 Å². The number of anilines is 1. The Morgan fingerprint density at radius 3 is 2.59 bits per heavy atom. The maximum absolute atomic E-state index is 12.8. The summed E-state index contributed by atoms with van der Waals surface area (Å²) < 4.78 is 10.8. The van der Waals surface area contributed by atoms with E-state index in [-0.39, 0.29) is 11.4 Å². The van der Waals surface area contributed by atoms with Crippen LogP contribution < -0.4 is 14.8 Å². The topological polar surface area (TPSA) is 84.9 Å². The Hall–Kier alpha value is -2.97. The van der Waals surface area contributed by atoms with Crippen LogP contribution in [0.3, 0.4) is 0 Å². The molecule has 168 valence electrons. The van der Waals surface area contributed by atoms with E-state index in [1.807, 2.05) is 32.9 Å². The van der Waals surface area contributed by atoms with E-state index >= 15 is 0 Å². The zero-order valence-corrected chi connectivity index (χ0v) is 19.7. The average molecular weight is 475 g/mol. The maximum Gasteiger partial charge on any atom is 0.294 e. The highest BCUT2D eigenvalue weighted by atomic mass is 35.5. The summed E-state index contributed by atoms with van der Waals surface area (Å²) in [7, 11) is 1.48. The summed E-state index contributed by atoms with van der Waals surface area (Å²) in [5.41, 5.74) is 3.31. The number of halogens is 1. The van der Waals surface area contributed by atoms with Gasteiger partial charge in [-0.05, 0) is 79.6 Å². The summed E-state index contributed by atoms with van der Waals surface area (Å²) in [4.78, 5) is 38.7. The molecular weight excluding hydrogens is 452 g/mol. The Morgan fingerprint density at radius 2 is 1.94 bits per heavy atom. The Labute approximate surface area is 195 Å². The minimum Gasteiger partial charge on any atom is -0.491 e. The van der Waals surface area contributed by atoms with Crippen LogP contribution in [0.5, 0.6) is 11.5 Å². The highest BCUT2D eigenvalue weighted by Crippen LogP contribution is 2.38. The molecule has 0 spiro atoms. The van der Waals surface area contributed by atoms with Gasteiger partial charge in [0.25, 0.3) is 11.1 Å². The second kappa shape index (κ2) is 10.1. The lowest BCUT2D eigenvalue weighted by molar-refractivity contribution is -0.127. The lowest BCUT2D eigenvalue weighted by Crippen LogP contribution is -2.36. The molecule has 2 aromatic carbocycles. The van der Waals surface area contributed by atoms with Crippen molar-refractivity contribution in [3.63, 3.8) is 0 Å². The van der Waals surface area contributed by atoms with Crippen LogP contribution in [0.15, 0.2) is 35.2 Å². The summed E-state index contributed by atoms with van der Waals surface area (Å²) in [6, 6.07) is 8.80. The third-order valence-electron chi connectivity index (χ3n) is 4.80. The van der Waals surface area contributed by atoms with Crippen LogP contribution in [0.25, 0.3) is 6.08 Å². The molecule has 0 radical (unpaired) electrons. The van der Waals surface area contributed by atoms with Crippen LogP contribution in [0.1, 0.15) is 23.6 Å². The van der Waals surface area contributed by atoms with Crippen LogP contribution in [0, 0.1) is 13.8 Å². The van der Waals surface area contributed by atoms with Crippen molar-refractivity contribution in [3.05, 3.63) is 56.9 Å². The fraction of sp³-hybridized carbons (Fsp3) is 0.261. The monoisotopic (exact) mass is 474 g/mol. The van der Waals surface area contributed by atoms with Crippen molar-refractivity contribution in [3.8, 4) is 11.5 Å². The van der Waals surface area contributed by atoms with Crippen molar-refractivity contribution >= 4 is 52.2 Å². The molecule has 1 heterocycles. The van der Waals surface area contributed by atoms with E-state index in [9.17, 15) is 14.4 Å². The number of amides is 3. The minimum atomic E-state index is -0.542. The first-order chi connectivity index (χ1) is 15.2. The quantitative estimate of drug-likeness (QED) is 0.566. The van der Waals surface area contributed by atoms with Gasteiger partial charge in [0.2, 0.25) is 5.91 Å². The van der Waals surface area contributed by atoms with Crippen LogP contribution in [0.2, 0.25) is 5.02 Å². The lowest BCUT2D eigenvalue weighted by atomic mass is 10.1. The van der Waals surface area contributed by atoms with Crippen molar-refractivity contribution in [2.75, 3.05) is 25.6 Å². The first-order valence-corrected chi connectivity index (χ1v) is 11.1. The summed E-state index contributed by atoms with van der Waals surface area (Å²) in [6.07, 6.45) is 1.54. The number of aryl methyl sites for hydroxylation is 2. The molecule has 0 aromatic heterocycles. The molecule has 3 amide bonds. The molecule has 1 aliphatic heterocycles. The van der Waals surface area contributed by atoms with E-state index in [2.05, 4.69) is 5.32 Å². The van der Waals surface area contributed by atoms with E-state index in [4.69, 9.17) is 21.1 Å². The maximum atomic E-state index is 12.8. The fourth-order valence-corrected chi connectivity index (χ4v) is 4.22. The summed E-state index contributed by atoms with van der Waals surface area (Å²) in [5.74, 6) is -0.175. The Morgan fingerprint density at radius 1 is 1.19 bits per heavy atom. The summed E-state index contributed by atoms with van der Waals surface area (Å²) >= 11 is 7.03. The normalized spacial score (nSPS) is 14.8. The smallest absolute Gasteiger partial charge is 0.294 e. The van der Waals surface area contributed by atoms with Gasteiger partial charge in [-0.2, -0.15) is 0 Å². The van der Waals surface area contributed by atoms with Gasteiger partial charge < -0.3 is 14.8 Å². The highest BCUT2D eigenvalue weighted by molar-refractivity contribution is 8.18. The van der Waals surface area contributed by atoms with E-state index in [1.54, 1.807) is 24.3 Å². The predicted molar refractivity (Wildman–Crippen MR) is 126 cm³/mol. The second-order valence-corrected chi connectivity index (χ2v) is 8.48. The number of imide groups is 1. The summed E-state index contributed by atoms with van der Waals surface area (Å²) in [6.45, 7) is 5.77. The third kappa shape index (κ3) is 5.26. The molecule has 3 rings (SSSR count). The fourth-order valence-electron chi connectivity index (χ4n) is 3.08. The van der Waals surface area contributed by atoms with E-state index in [1.165, 1.54) is 7.11 Å². The minimum absolute atomic E-state index is 0.192. The van der Waals surface area contributed by atoms with Crippen molar-refractivity contribution in [1.29, 1.82) is 0 Å². The molecule has 1 N–H and O–H groups in total. The number of benzene rings is 2. The van der Waals surface area contributed by atoms with Crippen molar-refractivity contribution < 1.29 is 23.9 Å². The van der Waals surface area contributed by atoms with Crippen molar-refractivity contribution in [2.24, 2.45) is 0 Å². The molecule has 0 atom stereocenters. The Bertz CT molecular complexity index is 1120. The standard InChI is InChI=1S/C23H23ClN2O5S/c1-5-31-18-10-15(9-17(24)21(18)30-4)11-19-22(28)26(23(29)32-19)12-20(27)25-16-7-6-13(2)14(3)8-16/h6-11H,5,12H2,1-4H3,(H,25,27)/b19-11+. The molecule has 2 aromatic rings. The van der Waals surface area contributed by atoms with E-state index in [0.717, 1.165) is 27.8 Å². The molecule has 0 saturated carbocycles. The molecule has 0 aliphatic carbocycles. The number of carbonyl (C=O) groups excluding carboxylic acids is 3. The van der Waals surface area contributed by atoms with Crippen LogP contribution in [-0.4, -0.2) is 42.2 Å². The van der Waals surface area contributed by atoms with Crippen LogP contribution in [0.4, 0.5) is 10.5 Å². The largest absolute Gasteiger partial charge is 0.491 e. The van der Waals surface area contributed by atoms with E-state index in [0.29, 0.717) is 34.4 Å². The number of ether oxygens (including phenoxy) is 2. The van der Waals surface area contributed by atoms with Gasteiger partial charge >= 0.3 is 0 Å². The number of thioether (sulfide) groups is 1. The second-order valence-electron chi connectivity index (χ2n) is 7.08. The molecule has 1 fully saturated rings. The Balaban J connectivity index is 1.76. The SMILES string of the molecule is CCOc1cc(/C=C2/SC(=O)N(CC(=O)Nc3ccc(C)c(C)c3)C2=O)cc(Cl)c1OC. The number of hydrogen-bond acceptors (Lipinski definition) is 6. The van der Waals surface area contributed by atoms with Crippen molar-refractivity contribution in [1.82, 2.24) is 4.90 Å². The molecule has 32 heavy (non-hydrogen) atoms. The first-order valence-electron chi connectivity index (χ1n) is 9.86. The molecule has 1 saturated heterocycles. The molecule has 0 unspecified atom stereocenters. The number of methoxy groups -OCH3 is 1. The lowest BCUT2D eigenvalue weighted by Gasteiger charge is -2.13. The van der Waals surface area contributed by atoms with Gasteiger partial charge in [-0.15, -0.1) is 0 Å². The average Bonchev–Trinajstić information content (AvgIpc) is 2.98. The number of rotatable bonds is 7. The number of carbonyl (C=O) groups is 3. The van der Waals surface area contributed by atoms with Gasteiger partial charge in [-0.1, -0.05) is 17.7 Å². The first kappa shape index (κ1) is 23.7. The molecule has 1 aliphatic rings.